The summed E-state index contributed by atoms with van der Waals surface area (Å²) in [5.74, 6) is -1.01. The molecule has 2 amide bonds. The van der Waals surface area contributed by atoms with Crippen molar-refractivity contribution in [2.24, 2.45) is 5.18 Å². The number of hydrogen-bond acceptors (Lipinski definition) is 4. The molecule has 0 fully saturated rings. The van der Waals surface area contributed by atoms with Crippen LogP contribution in [0.3, 0.4) is 0 Å². The lowest BCUT2D eigenvalue weighted by Gasteiger charge is -2.31. The van der Waals surface area contributed by atoms with Crippen molar-refractivity contribution in [2.45, 2.75) is 37.6 Å². The van der Waals surface area contributed by atoms with Gasteiger partial charge < -0.3 is 10.1 Å². The van der Waals surface area contributed by atoms with Gasteiger partial charge in [-0.25, -0.2) is 4.79 Å². The van der Waals surface area contributed by atoms with E-state index in [2.05, 4.69) is 46.9 Å². The highest BCUT2D eigenvalue weighted by Gasteiger charge is 2.29. The van der Waals surface area contributed by atoms with E-state index in [1.54, 1.807) is 18.2 Å². The van der Waals surface area contributed by atoms with E-state index in [1.165, 1.54) is 16.7 Å². The maximum Gasteiger partial charge on any atom is 0.407 e. The predicted octanol–water partition coefficient (Wildman–Crippen LogP) is 4.20. The van der Waals surface area contributed by atoms with Gasteiger partial charge in [0.1, 0.15) is 12.6 Å². The van der Waals surface area contributed by atoms with Crippen LogP contribution in [0.5, 0.6) is 0 Å². The second kappa shape index (κ2) is 9.40. The molecule has 31 heavy (non-hydrogen) atoms. The number of carbonyl (C=O) groups excluding carboxylic acids is 2. The Kier molecular flexibility index (Phi) is 6.23. The molecule has 0 saturated carbocycles. The van der Waals surface area contributed by atoms with E-state index in [0.717, 1.165) is 30.4 Å². The Labute approximate surface area is 181 Å². The van der Waals surface area contributed by atoms with Crippen LogP contribution in [0, 0.1) is 17.0 Å². The monoisotopic (exact) mass is 414 g/mol. The molecule has 2 unspecified atom stereocenters. The van der Waals surface area contributed by atoms with E-state index in [1.807, 2.05) is 12.1 Å². The molecule has 0 spiro atoms. The maximum absolute atomic E-state index is 12.5. The normalized spacial score (nSPS) is 17.6. The molecule has 6 heteroatoms. The van der Waals surface area contributed by atoms with E-state index in [9.17, 15) is 14.5 Å². The van der Waals surface area contributed by atoms with Crippen molar-refractivity contribution in [1.82, 2.24) is 5.32 Å². The number of nitrogens with zero attached hydrogens (tertiary/aromatic N) is 1. The van der Waals surface area contributed by atoms with Gasteiger partial charge in [-0.2, -0.15) is 0 Å². The number of ether oxygens (including phenoxy) is 1. The number of hydrogen-bond donors (Lipinski definition) is 1. The van der Waals surface area contributed by atoms with Gasteiger partial charge in [0.2, 0.25) is 0 Å². The SMILES string of the molecule is O=NC(=O)C(Cc1cc#ccc1)NC(=O)OCC1C2=C(CCC=C2)Cc2ccccc21. The number of amides is 2. The number of nitrogens with one attached hydrogen (secondary N) is 1. The Bertz CT molecular complexity index is 1040. The Morgan fingerprint density at radius 2 is 2.10 bits per heavy atom. The summed E-state index contributed by atoms with van der Waals surface area (Å²) in [4.78, 5) is 35.2. The number of alkyl carbamates (subject to hydrolysis) is 1. The molecule has 0 aliphatic heterocycles. The summed E-state index contributed by atoms with van der Waals surface area (Å²) in [6.07, 6.45) is 6.60. The van der Waals surface area contributed by atoms with Crippen LogP contribution in [0.2, 0.25) is 0 Å². The van der Waals surface area contributed by atoms with Gasteiger partial charge >= 0.3 is 12.0 Å². The molecular weight excluding hydrogens is 392 g/mol. The fourth-order valence-electron chi connectivity index (χ4n) is 4.24. The van der Waals surface area contributed by atoms with E-state index in [4.69, 9.17) is 4.74 Å². The molecule has 1 N–H and O–H groups in total. The molecule has 2 aromatic carbocycles. The van der Waals surface area contributed by atoms with Gasteiger partial charge in [-0.05, 0) is 59.7 Å². The van der Waals surface area contributed by atoms with Crippen LogP contribution in [0.4, 0.5) is 4.79 Å². The standard InChI is InChI=1S/C25H22N2O4/c28-24(27-30)23(14-17-8-2-1-3-9-17)26-25(29)31-16-22-20-12-6-4-10-18(20)15-19-11-5-7-13-21(19)22/h2,4,6-10,12-13,22-23H,5,11,14-16H2,(H,26,29). The first-order valence-corrected chi connectivity index (χ1v) is 10.3. The number of fused-ring (bicyclic) bond motifs is 1. The minimum absolute atomic E-state index is 0.0557. The van der Waals surface area contributed by atoms with E-state index >= 15 is 0 Å². The fourth-order valence-corrected chi connectivity index (χ4v) is 4.24. The summed E-state index contributed by atoms with van der Waals surface area (Å²) in [5, 5.41) is 4.97. The van der Waals surface area contributed by atoms with Crippen LogP contribution >= 0.6 is 0 Å². The lowest BCUT2D eigenvalue weighted by molar-refractivity contribution is -0.119. The van der Waals surface area contributed by atoms with Crippen molar-refractivity contribution in [3.63, 3.8) is 0 Å². The fraction of sp³-hybridized carbons (Fsp3) is 0.280. The van der Waals surface area contributed by atoms with Crippen LogP contribution in [-0.4, -0.2) is 24.6 Å². The minimum atomic E-state index is -1.09. The van der Waals surface area contributed by atoms with Crippen molar-refractivity contribution in [3.05, 3.63) is 99.5 Å². The largest absolute Gasteiger partial charge is 0.449 e. The average Bonchev–Trinajstić information content (AvgIpc) is 2.81. The quantitative estimate of drug-likeness (QED) is 0.718. The number of allylic oxidation sites excluding steroid dienone is 3. The highest BCUT2D eigenvalue weighted by atomic mass is 16.5. The smallest absolute Gasteiger partial charge is 0.407 e. The summed E-state index contributed by atoms with van der Waals surface area (Å²) in [7, 11) is 0. The van der Waals surface area contributed by atoms with Gasteiger partial charge in [-0.3, -0.25) is 4.79 Å². The van der Waals surface area contributed by atoms with Gasteiger partial charge in [0.25, 0.3) is 0 Å². The van der Waals surface area contributed by atoms with Crippen LogP contribution in [0.25, 0.3) is 0 Å². The molecular formula is C25H22N2O4. The third-order valence-corrected chi connectivity index (χ3v) is 5.75. The molecule has 2 aromatic rings. The molecule has 4 rings (SSSR count). The first kappa shape index (κ1) is 20.5. The van der Waals surface area contributed by atoms with Gasteiger partial charge in [0.05, 0.1) is 0 Å². The summed E-state index contributed by atoms with van der Waals surface area (Å²) < 4.78 is 5.52. The van der Waals surface area contributed by atoms with E-state index in [0.29, 0.717) is 0 Å². The first-order valence-electron chi connectivity index (χ1n) is 10.3. The van der Waals surface area contributed by atoms with E-state index in [-0.39, 0.29) is 18.9 Å². The van der Waals surface area contributed by atoms with Crippen molar-refractivity contribution in [1.29, 1.82) is 0 Å². The second-order valence-corrected chi connectivity index (χ2v) is 7.70. The van der Waals surface area contributed by atoms with Crippen molar-refractivity contribution in [2.75, 3.05) is 6.61 Å². The van der Waals surface area contributed by atoms with Gasteiger partial charge in [-0.1, -0.05) is 54.1 Å². The molecule has 0 aromatic heterocycles. The summed E-state index contributed by atoms with van der Waals surface area (Å²) >= 11 is 0. The molecule has 2 atom stereocenters. The highest BCUT2D eigenvalue weighted by molar-refractivity contribution is 5.86. The first-order chi connectivity index (χ1) is 15.2. The second-order valence-electron chi connectivity index (χ2n) is 7.70. The zero-order valence-corrected chi connectivity index (χ0v) is 17.0. The maximum atomic E-state index is 12.5. The summed E-state index contributed by atoms with van der Waals surface area (Å²) in [5.41, 5.74) is 5.71. The van der Waals surface area contributed by atoms with Crippen LogP contribution < -0.4 is 5.32 Å². The predicted molar refractivity (Wildman–Crippen MR) is 115 cm³/mol. The lowest BCUT2D eigenvalue weighted by atomic mass is 9.75. The number of carbonyl (C=O) groups is 2. The van der Waals surface area contributed by atoms with Crippen LogP contribution in [0.15, 0.2) is 70.9 Å². The topological polar surface area (TPSA) is 84.8 Å². The summed E-state index contributed by atoms with van der Waals surface area (Å²) in [6, 6.07) is 17.7. The lowest BCUT2D eigenvalue weighted by Crippen LogP contribution is -2.42. The average molecular weight is 414 g/mol. The molecule has 0 radical (unpaired) electrons. The zero-order valence-electron chi connectivity index (χ0n) is 17.0. The molecule has 6 nitrogen and oxygen atoms in total. The number of rotatable bonds is 6. The van der Waals surface area contributed by atoms with Crippen LogP contribution in [0.1, 0.15) is 35.4 Å². The Morgan fingerprint density at radius 3 is 2.90 bits per heavy atom. The molecule has 2 aliphatic rings. The molecule has 2 aliphatic carbocycles. The molecule has 0 heterocycles. The minimum Gasteiger partial charge on any atom is -0.449 e. The molecule has 156 valence electrons. The van der Waals surface area contributed by atoms with Crippen molar-refractivity contribution >= 4 is 12.0 Å². The van der Waals surface area contributed by atoms with Crippen LogP contribution in [-0.2, 0) is 22.4 Å². The Balaban J connectivity index is 1.45. The van der Waals surface area contributed by atoms with Gasteiger partial charge in [-0.15, -0.1) is 4.91 Å². The van der Waals surface area contributed by atoms with Crippen molar-refractivity contribution < 1.29 is 14.3 Å². The van der Waals surface area contributed by atoms with Gasteiger partial charge in [0.15, 0.2) is 0 Å². The van der Waals surface area contributed by atoms with Crippen molar-refractivity contribution in [3.8, 4) is 0 Å². The number of benzene rings is 1. The molecule has 0 saturated heterocycles. The Morgan fingerprint density at radius 1 is 1.23 bits per heavy atom. The summed E-state index contributed by atoms with van der Waals surface area (Å²) in [6.45, 7) is 0.148. The van der Waals surface area contributed by atoms with E-state index < -0.39 is 18.0 Å². The third-order valence-electron chi connectivity index (χ3n) is 5.75. The number of nitroso groups, excluding NO2 is 1. The zero-order chi connectivity index (χ0) is 21.6. The Hall–Kier alpha value is -3.72. The molecule has 0 bridgehead atoms. The van der Waals surface area contributed by atoms with Gasteiger partial charge in [0, 0.05) is 17.5 Å². The third kappa shape index (κ3) is 4.72. The highest BCUT2D eigenvalue weighted by Crippen LogP contribution is 2.40.